The molecule has 3 unspecified atom stereocenters. The maximum atomic E-state index is 13.5. The van der Waals surface area contributed by atoms with Crippen molar-refractivity contribution in [2.24, 2.45) is 28.9 Å². The van der Waals surface area contributed by atoms with Crippen molar-refractivity contribution >= 4 is 52.0 Å². The normalized spacial score (nSPS) is 35.5. The molecule has 0 radical (unpaired) electrons. The van der Waals surface area contributed by atoms with Gasteiger partial charge in [0.25, 0.3) is 11.3 Å². The first-order chi connectivity index (χ1) is 14.7. The zero-order valence-corrected chi connectivity index (χ0v) is 19.2. The topological polar surface area (TPSA) is 113 Å². The summed E-state index contributed by atoms with van der Waals surface area (Å²) in [6.07, 6.45) is 5.16. The molecule has 6 rings (SSSR count). The van der Waals surface area contributed by atoms with E-state index >= 15 is 0 Å². The first-order valence-electron chi connectivity index (χ1n) is 10.6. The van der Waals surface area contributed by atoms with Crippen molar-refractivity contribution in [1.82, 2.24) is 5.32 Å². The Bertz CT molecular complexity index is 969. The van der Waals surface area contributed by atoms with Gasteiger partial charge in [0.05, 0.1) is 15.7 Å². The van der Waals surface area contributed by atoms with E-state index in [1.807, 2.05) is 0 Å². The molecular weight excluding hydrogens is 461 g/mol. The number of rotatable bonds is 6. The Morgan fingerprint density at radius 3 is 2.35 bits per heavy atom. The van der Waals surface area contributed by atoms with Crippen molar-refractivity contribution in [3.63, 3.8) is 0 Å². The number of carbonyl (C=O) groups is 2. The Balaban J connectivity index is 1.40. The second-order valence-corrected chi connectivity index (χ2v) is 11.4. The second-order valence-electron chi connectivity index (χ2n) is 9.74. The molecule has 2 amide bonds. The van der Waals surface area contributed by atoms with Crippen LogP contribution in [0.4, 0.5) is 5.69 Å². The van der Waals surface area contributed by atoms with Gasteiger partial charge in [-0.1, -0.05) is 29.3 Å². The highest BCUT2D eigenvalue weighted by Gasteiger charge is 2.61. The predicted octanol–water partition coefficient (Wildman–Crippen LogP) is 3.27. The first kappa shape index (κ1) is 21.5. The highest BCUT2D eigenvalue weighted by Crippen LogP contribution is 2.60. The van der Waals surface area contributed by atoms with E-state index in [2.05, 4.69) is 5.32 Å². The van der Waals surface area contributed by atoms with E-state index in [9.17, 15) is 18.4 Å². The number of carbonyl (C=O) groups excluding carboxylic acids is 2. The van der Waals surface area contributed by atoms with E-state index in [1.54, 1.807) is 18.2 Å². The molecular formula is C21H25Cl2N3O4S. The van der Waals surface area contributed by atoms with Crippen LogP contribution in [0, 0.1) is 23.2 Å². The molecule has 10 heteroatoms. The van der Waals surface area contributed by atoms with Gasteiger partial charge in [0.15, 0.2) is 0 Å². The Hall–Kier alpha value is -1.35. The van der Waals surface area contributed by atoms with Crippen molar-refractivity contribution in [2.75, 3.05) is 4.31 Å². The van der Waals surface area contributed by atoms with Crippen LogP contribution in [0.2, 0.25) is 10.0 Å². The van der Waals surface area contributed by atoms with Crippen molar-refractivity contribution in [3.05, 3.63) is 28.2 Å². The highest BCUT2D eigenvalue weighted by atomic mass is 35.5. The van der Waals surface area contributed by atoms with Crippen LogP contribution in [-0.2, 0) is 20.9 Å². The molecule has 5 fully saturated rings. The number of nitrogens with zero attached hydrogens (tertiary/aromatic N) is 1. The summed E-state index contributed by atoms with van der Waals surface area (Å²) in [6, 6.07) is 4.78. The maximum Gasteiger partial charge on any atom is 0.262 e. The van der Waals surface area contributed by atoms with Gasteiger partial charge in [-0.15, -0.1) is 0 Å². The molecule has 0 spiro atoms. The summed E-state index contributed by atoms with van der Waals surface area (Å²) in [6.45, 7) is 0. The van der Waals surface area contributed by atoms with Gasteiger partial charge in [0.2, 0.25) is 11.8 Å². The fourth-order valence-electron chi connectivity index (χ4n) is 6.60. The molecule has 5 saturated carbocycles. The molecule has 0 heterocycles. The zero-order chi connectivity index (χ0) is 22.1. The lowest BCUT2D eigenvalue weighted by Crippen LogP contribution is -2.64. The number of nitrogens with two attached hydrogens (primary N) is 1. The van der Waals surface area contributed by atoms with Gasteiger partial charge in [0, 0.05) is 11.5 Å². The van der Waals surface area contributed by atoms with Crippen LogP contribution in [-0.4, -0.2) is 32.2 Å². The lowest BCUT2D eigenvalue weighted by Gasteiger charge is -2.59. The van der Waals surface area contributed by atoms with Crippen molar-refractivity contribution < 1.29 is 18.4 Å². The monoisotopic (exact) mass is 485 g/mol. The van der Waals surface area contributed by atoms with Crippen LogP contribution >= 0.6 is 23.2 Å². The molecule has 5 aliphatic carbocycles. The van der Waals surface area contributed by atoms with Gasteiger partial charge in [-0.25, -0.2) is 4.21 Å². The van der Waals surface area contributed by atoms with Crippen LogP contribution < -0.4 is 15.4 Å². The smallest absolute Gasteiger partial charge is 0.262 e. The average molecular weight is 486 g/mol. The number of hydrogen-bond donors (Lipinski definition) is 3. The van der Waals surface area contributed by atoms with Crippen molar-refractivity contribution in [2.45, 2.75) is 56.5 Å². The third-order valence-electron chi connectivity index (χ3n) is 7.93. The summed E-state index contributed by atoms with van der Waals surface area (Å²) >= 11 is 9.97. The number of hydrogen-bond acceptors (Lipinski definition) is 3. The van der Waals surface area contributed by atoms with Gasteiger partial charge in [-0.2, -0.15) is 0 Å². The molecule has 7 nitrogen and oxygen atoms in total. The second kappa shape index (κ2) is 7.33. The first-order valence-corrected chi connectivity index (χ1v) is 12.4. The molecule has 1 aromatic carbocycles. The summed E-state index contributed by atoms with van der Waals surface area (Å²) in [4.78, 5) is 25.7. The molecule has 168 valence electrons. The number of amides is 2. The van der Waals surface area contributed by atoms with Crippen LogP contribution in [0.3, 0.4) is 0 Å². The maximum absolute atomic E-state index is 13.5. The zero-order valence-electron chi connectivity index (χ0n) is 16.9. The molecule has 0 saturated heterocycles. The van der Waals surface area contributed by atoms with E-state index in [0.717, 1.165) is 19.3 Å². The molecule has 1 aromatic rings. The molecule has 4 N–H and O–H groups in total. The molecule has 0 aromatic heterocycles. The van der Waals surface area contributed by atoms with Crippen molar-refractivity contribution in [1.29, 1.82) is 0 Å². The lowest BCUT2D eigenvalue weighted by molar-refractivity contribution is -0.147. The van der Waals surface area contributed by atoms with Gasteiger partial charge >= 0.3 is 0 Å². The summed E-state index contributed by atoms with van der Waals surface area (Å²) in [7, 11) is 0. The number of primary amides is 1. The van der Waals surface area contributed by atoms with Crippen LogP contribution in [0.5, 0.6) is 0 Å². The van der Waals surface area contributed by atoms with E-state index < -0.39 is 22.2 Å². The van der Waals surface area contributed by atoms with Crippen molar-refractivity contribution in [3.8, 4) is 0 Å². The molecule has 4 bridgehead atoms. The van der Waals surface area contributed by atoms with E-state index in [0.29, 0.717) is 31.6 Å². The average Bonchev–Trinajstić information content (AvgIpc) is 3.49. The molecule has 5 aliphatic rings. The Labute approximate surface area is 193 Å². The lowest BCUT2D eigenvalue weighted by atomic mass is 9.47. The van der Waals surface area contributed by atoms with Crippen LogP contribution in [0.15, 0.2) is 18.2 Å². The SMILES string of the molecule is NC(=O)C12CC3CC(C1)C(NC(=O)C1(N(c4cccc(Cl)c4Cl)S(=O)O)CC1)C(C3)C2. The minimum absolute atomic E-state index is 0.0437. The number of nitrogens with one attached hydrogen (secondary N) is 1. The highest BCUT2D eigenvalue weighted by molar-refractivity contribution is 7.80. The minimum Gasteiger partial charge on any atom is -0.369 e. The van der Waals surface area contributed by atoms with E-state index in [4.69, 9.17) is 28.9 Å². The fourth-order valence-corrected chi connectivity index (χ4v) is 7.92. The van der Waals surface area contributed by atoms with Gasteiger partial charge in [0.1, 0.15) is 5.54 Å². The number of halogens is 2. The van der Waals surface area contributed by atoms with E-state index in [1.165, 1.54) is 4.31 Å². The Kier molecular flexibility index (Phi) is 5.08. The van der Waals surface area contributed by atoms with Gasteiger partial charge in [-0.05, 0) is 74.8 Å². The summed E-state index contributed by atoms with van der Waals surface area (Å²) in [5.41, 5.74) is 4.46. The third kappa shape index (κ3) is 3.29. The molecule has 0 aliphatic heterocycles. The molecule has 31 heavy (non-hydrogen) atoms. The Morgan fingerprint density at radius 2 is 1.81 bits per heavy atom. The number of benzene rings is 1. The van der Waals surface area contributed by atoms with Gasteiger partial charge in [-0.3, -0.25) is 18.4 Å². The number of anilines is 1. The Morgan fingerprint density at radius 1 is 1.16 bits per heavy atom. The summed E-state index contributed by atoms with van der Waals surface area (Å²) in [5.74, 6) is 0.423. The summed E-state index contributed by atoms with van der Waals surface area (Å²) in [5, 5.41) is 3.60. The predicted molar refractivity (Wildman–Crippen MR) is 119 cm³/mol. The van der Waals surface area contributed by atoms with Crippen LogP contribution in [0.1, 0.15) is 44.9 Å². The quantitative estimate of drug-likeness (QED) is 0.536. The fraction of sp³-hybridized carbons (Fsp3) is 0.619. The standard InChI is InChI=1S/C21H25Cl2N3O4S/c22-14-2-1-3-15(16(14)23)26(31(29)30)21(4-5-21)19(28)25-17-12-6-11-7-13(17)10-20(8-11,9-12)18(24)27/h1-3,11-13,17H,4-10H2,(H2,24,27)(H,25,28)(H,29,30). The third-order valence-corrected chi connectivity index (χ3v) is 9.60. The molecule has 3 atom stereocenters. The largest absolute Gasteiger partial charge is 0.369 e. The summed E-state index contributed by atoms with van der Waals surface area (Å²) < 4.78 is 23.6. The van der Waals surface area contributed by atoms with Gasteiger partial charge < -0.3 is 11.1 Å². The minimum atomic E-state index is -2.46. The van der Waals surface area contributed by atoms with E-state index in [-0.39, 0.29) is 45.4 Å². The van der Waals surface area contributed by atoms with Crippen LogP contribution in [0.25, 0.3) is 0 Å².